The Kier molecular flexibility index (Phi) is 5.67. The average molecular weight is 449 g/mol. The first-order valence-corrected chi connectivity index (χ1v) is 10.0. The molecule has 0 saturated carbocycles. The van der Waals surface area contributed by atoms with E-state index in [2.05, 4.69) is 10.3 Å². The second-order valence-corrected chi connectivity index (χ2v) is 7.61. The van der Waals surface area contributed by atoms with Crippen LogP contribution in [-0.2, 0) is 10.9 Å². The topological polar surface area (TPSA) is 76.1 Å². The van der Waals surface area contributed by atoms with Crippen LogP contribution >= 0.6 is 12.2 Å². The number of nitrogens with one attached hydrogen (secondary N) is 2. The molecule has 1 aliphatic rings. The minimum atomic E-state index is -4.55. The van der Waals surface area contributed by atoms with Crippen LogP contribution in [0.2, 0.25) is 0 Å². The average Bonchev–Trinajstić information content (AvgIpc) is 3.25. The molecule has 6 nitrogen and oxygen atoms in total. The van der Waals surface area contributed by atoms with Gasteiger partial charge in [0.25, 0.3) is 11.5 Å². The highest BCUT2D eigenvalue weighted by Gasteiger charge is 2.30. The Morgan fingerprint density at radius 1 is 1.26 bits per heavy atom. The fourth-order valence-corrected chi connectivity index (χ4v) is 3.83. The maximum Gasteiger partial charge on any atom is 0.416 e. The number of fused-ring (bicyclic) bond motifs is 1. The third-order valence-electron chi connectivity index (χ3n) is 5.11. The lowest BCUT2D eigenvalue weighted by Crippen LogP contribution is -2.31. The molecule has 31 heavy (non-hydrogen) atoms. The fourth-order valence-electron chi connectivity index (χ4n) is 3.53. The smallest absolute Gasteiger partial charge is 0.376 e. The minimum absolute atomic E-state index is 0.00126. The van der Waals surface area contributed by atoms with Crippen LogP contribution in [0, 0.1) is 4.77 Å². The Morgan fingerprint density at radius 2 is 2.06 bits per heavy atom. The van der Waals surface area contributed by atoms with E-state index < -0.39 is 17.3 Å². The molecule has 1 amide bonds. The van der Waals surface area contributed by atoms with E-state index in [9.17, 15) is 22.8 Å². The number of hydrogen-bond acceptors (Lipinski definition) is 4. The SMILES string of the molecule is O=C(NC[C@H]1CCCO1)c1ccc2c(=O)n(-c3cccc(C(F)(F)F)c3)c(=S)[nH]c2c1. The molecule has 1 aliphatic heterocycles. The number of halogens is 3. The molecule has 1 aromatic heterocycles. The maximum atomic E-state index is 13.1. The first kappa shape index (κ1) is 21.3. The largest absolute Gasteiger partial charge is 0.416 e. The Hall–Kier alpha value is -2.98. The van der Waals surface area contributed by atoms with Crippen molar-refractivity contribution in [2.75, 3.05) is 13.2 Å². The third-order valence-corrected chi connectivity index (χ3v) is 5.39. The number of alkyl halides is 3. The fraction of sp³-hybridized carbons (Fsp3) is 0.286. The molecule has 4 rings (SSSR count). The van der Waals surface area contributed by atoms with Gasteiger partial charge in [-0.15, -0.1) is 0 Å². The standard InChI is InChI=1S/C21H18F3N3O3S/c22-21(23,24)13-3-1-4-14(10-13)27-19(29)16-7-6-12(9-17(16)26-20(27)31)18(28)25-11-15-5-2-8-30-15/h1,3-4,6-7,9-10,15H,2,5,8,11H2,(H,25,28)(H,26,31)/t15-/m1/s1. The first-order valence-electron chi connectivity index (χ1n) is 9.60. The summed E-state index contributed by atoms with van der Waals surface area (Å²) in [4.78, 5) is 28.2. The molecule has 1 saturated heterocycles. The Bertz CT molecular complexity index is 1260. The zero-order chi connectivity index (χ0) is 22.2. The molecule has 0 spiro atoms. The van der Waals surface area contributed by atoms with Crippen LogP contribution in [0.15, 0.2) is 47.3 Å². The van der Waals surface area contributed by atoms with Gasteiger partial charge in [0.2, 0.25) is 0 Å². The van der Waals surface area contributed by atoms with E-state index in [4.69, 9.17) is 17.0 Å². The number of hydrogen-bond donors (Lipinski definition) is 2. The van der Waals surface area contributed by atoms with E-state index in [0.29, 0.717) is 24.2 Å². The van der Waals surface area contributed by atoms with E-state index >= 15 is 0 Å². The van der Waals surface area contributed by atoms with Gasteiger partial charge in [0.15, 0.2) is 4.77 Å². The Labute approximate surface area is 179 Å². The Morgan fingerprint density at radius 3 is 2.77 bits per heavy atom. The highest BCUT2D eigenvalue weighted by atomic mass is 32.1. The van der Waals surface area contributed by atoms with Gasteiger partial charge in [0.05, 0.1) is 28.3 Å². The number of rotatable bonds is 4. The van der Waals surface area contributed by atoms with Crippen LogP contribution in [0.25, 0.3) is 16.6 Å². The van der Waals surface area contributed by atoms with E-state index in [1.165, 1.54) is 30.3 Å². The second kappa shape index (κ2) is 8.27. The molecule has 0 aliphatic carbocycles. The van der Waals surface area contributed by atoms with E-state index in [1.54, 1.807) is 0 Å². The number of benzene rings is 2. The maximum absolute atomic E-state index is 13.1. The molecular weight excluding hydrogens is 431 g/mol. The van der Waals surface area contributed by atoms with Crippen molar-refractivity contribution in [3.05, 3.63) is 68.7 Å². The summed E-state index contributed by atoms with van der Waals surface area (Å²) in [7, 11) is 0. The quantitative estimate of drug-likeness (QED) is 0.591. The lowest BCUT2D eigenvalue weighted by atomic mass is 10.1. The summed E-state index contributed by atoms with van der Waals surface area (Å²) in [6.07, 6.45) is -2.70. The van der Waals surface area contributed by atoms with Gasteiger partial charge in [-0.05, 0) is 61.5 Å². The lowest BCUT2D eigenvalue weighted by Gasteiger charge is -2.13. The molecule has 2 aromatic carbocycles. The number of aromatic nitrogens is 2. The molecule has 10 heteroatoms. The highest BCUT2D eigenvalue weighted by Crippen LogP contribution is 2.30. The van der Waals surface area contributed by atoms with Crippen LogP contribution in [0.4, 0.5) is 13.2 Å². The van der Waals surface area contributed by atoms with Gasteiger partial charge in [-0.3, -0.25) is 14.2 Å². The van der Waals surface area contributed by atoms with Crippen molar-refractivity contribution in [3.63, 3.8) is 0 Å². The Balaban J connectivity index is 1.68. The molecular formula is C21H18F3N3O3S. The summed E-state index contributed by atoms with van der Waals surface area (Å²) >= 11 is 5.23. The lowest BCUT2D eigenvalue weighted by molar-refractivity contribution is -0.137. The number of ether oxygens (including phenoxy) is 1. The highest BCUT2D eigenvalue weighted by molar-refractivity contribution is 7.71. The second-order valence-electron chi connectivity index (χ2n) is 7.22. The summed E-state index contributed by atoms with van der Waals surface area (Å²) in [5.41, 5.74) is -0.814. The molecule has 2 N–H and O–H groups in total. The van der Waals surface area contributed by atoms with Crippen molar-refractivity contribution in [2.24, 2.45) is 0 Å². The van der Waals surface area contributed by atoms with Crippen LogP contribution in [0.1, 0.15) is 28.8 Å². The summed E-state index contributed by atoms with van der Waals surface area (Å²) < 4.78 is 45.6. The van der Waals surface area contributed by atoms with Gasteiger partial charge in [0, 0.05) is 18.7 Å². The molecule has 1 atom stereocenters. The van der Waals surface area contributed by atoms with Crippen LogP contribution in [-0.4, -0.2) is 34.7 Å². The predicted molar refractivity (Wildman–Crippen MR) is 111 cm³/mol. The van der Waals surface area contributed by atoms with Gasteiger partial charge in [-0.2, -0.15) is 13.2 Å². The van der Waals surface area contributed by atoms with E-state index in [-0.39, 0.29) is 27.9 Å². The molecule has 2 heterocycles. The van der Waals surface area contributed by atoms with Crippen LogP contribution < -0.4 is 10.9 Å². The molecule has 0 unspecified atom stereocenters. The van der Waals surface area contributed by atoms with Gasteiger partial charge in [-0.1, -0.05) is 6.07 Å². The monoisotopic (exact) mass is 449 g/mol. The molecule has 0 radical (unpaired) electrons. The number of nitrogens with zero attached hydrogens (tertiary/aromatic N) is 1. The van der Waals surface area contributed by atoms with E-state index in [0.717, 1.165) is 29.5 Å². The number of aromatic amines is 1. The van der Waals surface area contributed by atoms with Gasteiger partial charge in [-0.25, -0.2) is 0 Å². The summed E-state index contributed by atoms with van der Waals surface area (Å²) in [5.74, 6) is -0.321. The number of carbonyl (C=O) groups is 1. The summed E-state index contributed by atoms with van der Waals surface area (Å²) in [6, 6.07) is 8.81. The number of amides is 1. The predicted octanol–water partition coefficient (Wildman–Crippen LogP) is 3.98. The zero-order valence-corrected chi connectivity index (χ0v) is 17.0. The van der Waals surface area contributed by atoms with Crippen molar-refractivity contribution in [1.82, 2.24) is 14.9 Å². The van der Waals surface area contributed by atoms with E-state index in [1.807, 2.05) is 0 Å². The van der Waals surface area contributed by atoms with Crippen molar-refractivity contribution < 1.29 is 22.7 Å². The third kappa shape index (κ3) is 4.40. The van der Waals surface area contributed by atoms with Gasteiger partial charge < -0.3 is 15.0 Å². The molecule has 3 aromatic rings. The van der Waals surface area contributed by atoms with Crippen LogP contribution in [0.3, 0.4) is 0 Å². The summed E-state index contributed by atoms with van der Waals surface area (Å²) in [5, 5.41) is 2.99. The van der Waals surface area contributed by atoms with Crippen LogP contribution in [0.5, 0.6) is 0 Å². The van der Waals surface area contributed by atoms with Crippen molar-refractivity contribution >= 4 is 29.0 Å². The first-order chi connectivity index (χ1) is 14.7. The molecule has 0 bridgehead atoms. The molecule has 1 fully saturated rings. The number of carbonyl (C=O) groups excluding carboxylic acids is 1. The van der Waals surface area contributed by atoms with Crippen molar-refractivity contribution in [2.45, 2.75) is 25.1 Å². The summed E-state index contributed by atoms with van der Waals surface area (Å²) in [6.45, 7) is 1.08. The minimum Gasteiger partial charge on any atom is -0.376 e. The van der Waals surface area contributed by atoms with Gasteiger partial charge >= 0.3 is 6.18 Å². The number of H-pyrrole nitrogens is 1. The van der Waals surface area contributed by atoms with Crippen molar-refractivity contribution in [1.29, 1.82) is 0 Å². The normalized spacial score (nSPS) is 16.5. The molecule has 162 valence electrons. The van der Waals surface area contributed by atoms with Gasteiger partial charge in [0.1, 0.15) is 0 Å². The van der Waals surface area contributed by atoms with Crippen molar-refractivity contribution in [3.8, 4) is 5.69 Å². The zero-order valence-electron chi connectivity index (χ0n) is 16.2.